The van der Waals surface area contributed by atoms with Gasteiger partial charge in [0, 0.05) is 33.8 Å². The smallest absolute Gasteiger partial charge is 0.269 e. The van der Waals surface area contributed by atoms with Crippen LogP contribution in [0.1, 0.15) is 11.3 Å². The molecular weight excluding hydrogens is 398 g/mol. The number of aromatic nitrogens is 1. The highest BCUT2D eigenvalue weighted by atomic mass is 32.2. The highest BCUT2D eigenvalue weighted by Gasteiger charge is 2.09. The molecule has 0 fully saturated rings. The zero-order valence-electron chi connectivity index (χ0n) is 15.2. The van der Waals surface area contributed by atoms with Crippen molar-refractivity contribution in [2.75, 3.05) is 11.9 Å². The molecule has 0 saturated heterocycles. The molecule has 1 aromatic heterocycles. The van der Waals surface area contributed by atoms with Gasteiger partial charge < -0.3 is 10.1 Å². The van der Waals surface area contributed by atoms with Gasteiger partial charge in [-0.2, -0.15) is 0 Å². The summed E-state index contributed by atoms with van der Waals surface area (Å²) in [5.41, 5.74) is 2.61. The zero-order chi connectivity index (χ0) is 20.1. The maximum atomic E-state index is 12.1. The molecule has 0 radical (unpaired) electrons. The first kappa shape index (κ1) is 19.8. The maximum Gasteiger partial charge on any atom is 0.269 e. The molecule has 0 aliphatic rings. The molecule has 0 atom stereocenters. The molecule has 0 saturated carbocycles. The van der Waals surface area contributed by atoms with Crippen LogP contribution in [-0.2, 0) is 4.79 Å². The number of ether oxygens (including phenoxy) is 1. The molecule has 1 amide bonds. The van der Waals surface area contributed by atoms with E-state index in [2.05, 4.69) is 10.3 Å². The number of nitro groups is 1. The second kappa shape index (κ2) is 8.85. The lowest BCUT2D eigenvalue weighted by atomic mass is 10.2. The van der Waals surface area contributed by atoms with Crippen molar-refractivity contribution >= 4 is 40.4 Å². The molecule has 7 nitrogen and oxygen atoms in total. The molecule has 2 aromatic carbocycles. The van der Waals surface area contributed by atoms with Gasteiger partial charge in [0.15, 0.2) is 10.9 Å². The van der Waals surface area contributed by atoms with Gasteiger partial charge in [-0.15, -0.1) is 11.3 Å². The van der Waals surface area contributed by atoms with E-state index >= 15 is 0 Å². The summed E-state index contributed by atoms with van der Waals surface area (Å²) >= 11 is 3.18. The van der Waals surface area contributed by atoms with E-state index < -0.39 is 4.92 Å². The molecule has 1 heterocycles. The summed E-state index contributed by atoms with van der Waals surface area (Å²) in [6.45, 7) is 3.69. The van der Waals surface area contributed by atoms with Crippen molar-refractivity contribution in [1.29, 1.82) is 0 Å². The number of nitrogens with zero attached hydrogens (tertiary/aromatic N) is 2. The fraction of sp³-hybridized carbons (Fsp3) is 0.158. The van der Waals surface area contributed by atoms with Gasteiger partial charge in [0.1, 0.15) is 5.75 Å². The Labute approximate surface area is 169 Å². The second-order valence-corrected chi connectivity index (χ2v) is 8.10. The number of aryl methyl sites for hydroxylation is 2. The van der Waals surface area contributed by atoms with Crippen LogP contribution in [0.25, 0.3) is 0 Å². The lowest BCUT2D eigenvalue weighted by molar-refractivity contribution is -0.384. The van der Waals surface area contributed by atoms with E-state index in [1.165, 1.54) is 24.3 Å². The van der Waals surface area contributed by atoms with Crippen molar-refractivity contribution < 1.29 is 14.5 Å². The van der Waals surface area contributed by atoms with Crippen LogP contribution in [-0.4, -0.2) is 22.4 Å². The predicted molar refractivity (Wildman–Crippen MR) is 109 cm³/mol. The maximum absolute atomic E-state index is 12.1. The Morgan fingerprint density at radius 3 is 2.61 bits per heavy atom. The minimum Gasteiger partial charge on any atom is -0.484 e. The Hall–Kier alpha value is -2.91. The van der Waals surface area contributed by atoms with E-state index in [9.17, 15) is 14.9 Å². The SMILES string of the molecule is Cc1csc(Sc2ccc(NC(=O)COc3ccc([N+](=O)[O-])cc3)c(C)c2)n1. The van der Waals surface area contributed by atoms with Crippen LogP contribution in [0.4, 0.5) is 11.4 Å². The largest absolute Gasteiger partial charge is 0.484 e. The van der Waals surface area contributed by atoms with Crippen molar-refractivity contribution in [2.24, 2.45) is 0 Å². The van der Waals surface area contributed by atoms with Gasteiger partial charge in [0.2, 0.25) is 0 Å². The van der Waals surface area contributed by atoms with Crippen LogP contribution in [0.2, 0.25) is 0 Å². The third-order valence-electron chi connectivity index (χ3n) is 3.69. The summed E-state index contributed by atoms with van der Waals surface area (Å²) in [5, 5.41) is 15.5. The van der Waals surface area contributed by atoms with Gasteiger partial charge in [-0.25, -0.2) is 4.98 Å². The first-order chi connectivity index (χ1) is 13.4. The number of carbonyl (C=O) groups excluding carboxylic acids is 1. The molecule has 144 valence electrons. The Morgan fingerprint density at radius 2 is 2.00 bits per heavy atom. The van der Waals surface area contributed by atoms with E-state index in [1.807, 2.05) is 37.4 Å². The first-order valence-corrected chi connectivity index (χ1v) is 9.98. The van der Waals surface area contributed by atoms with Crippen molar-refractivity contribution in [3.05, 3.63) is 69.2 Å². The van der Waals surface area contributed by atoms with E-state index in [1.54, 1.807) is 23.1 Å². The summed E-state index contributed by atoms with van der Waals surface area (Å²) in [6, 6.07) is 11.4. The number of rotatable bonds is 7. The number of nitrogens with one attached hydrogen (secondary N) is 1. The Bertz CT molecular complexity index is 1000. The van der Waals surface area contributed by atoms with Crippen molar-refractivity contribution in [3.63, 3.8) is 0 Å². The Kier molecular flexibility index (Phi) is 6.27. The number of nitro benzene ring substituents is 1. The summed E-state index contributed by atoms with van der Waals surface area (Å²) in [7, 11) is 0. The third kappa shape index (κ3) is 5.30. The molecule has 28 heavy (non-hydrogen) atoms. The quantitative estimate of drug-likeness (QED) is 0.438. The summed E-state index contributed by atoms with van der Waals surface area (Å²) in [4.78, 5) is 27.8. The molecule has 1 N–H and O–H groups in total. The van der Waals surface area contributed by atoms with Crippen LogP contribution < -0.4 is 10.1 Å². The summed E-state index contributed by atoms with van der Waals surface area (Å²) in [5.74, 6) is 0.0837. The van der Waals surface area contributed by atoms with E-state index in [4.69, 9.17) is 4.74 Å². The predicted octanol–water partition coefficient (Wildman–Crippen LogP) is 4.84. The third-order valence-corrected chi connectivity index (χ3v) is 5.74. The number of hydrogen-bond acceptors (Lipinski definition) is 7. The molecule has 0 aliphatic carbocycles. The summed E-state index contributed by atoms with van der Waals surface area (Å²) in [6.07, 6.45) is 0. The minimum atomic E-state index is -0.489. The molecule has 3 aromatic rings. The van der Waals surface area contributed by atoms with Crippen molar-refractivity contribution in [3.8, 4) is 5.75 Å². The molecule has 9 heteroatoms. The summed E-state index contributed by atoms with van der Waals surface area (Å²) < 4.78 is 6.35. The van der Waals surface area contributed by atoms with E-state index in [0.29, 0.717) is 11.4 Å². The molecule has 0 spiro atoms. The molecule has 3 rings (SSSR count). The van der Waals surface area contributed by atoms with Crippen molar-refractivity contribution in [1.82, 2.24) is 4.98 Å². The number of amides is 1. The second-order valence-electron chi connectivity index (χ2n) is 5.92. The van der Waals surface area contributed by atoms with Gasteiger partial charge in [-0.1, -0.05) is 11.8 Å². The molecule has 0 aliphatic heterocycles. The average molecular weight is 415 g/mol. The van der Waals surface area contributed by atoms with Crippen LogP contribution >= 0.6 is 23.1 Å². The minimum absolute atomic E-state index is 0.0294. The topological polar surface area (TPSA) is 94.4 Å². The number of anilines is 1. The number of hydrogen-bond donors (Lipinski definition) is 1. The standard InChI is InChI=1S/C19H17N3O4S2/c1-12-9-16(28-19-20-13(2)11-27-19)7-8-17(12)21-18(23)10-26-15-5-3-14(4-6-15)22(24)25/h3-9,11H,10H2,1-2H3,(H,21,23). The Balaban J connectivity index is 1.55. The Morgan fingerprint density at radius 1 is 1.25 bits per heavy atom. The lowest BCUT2D eigenvalue weighted by Crippen LogP contribution is -2.20. The van der Waals surface area contributed by atoms with Crippen LogP contribution in [0.15, 0.2) is 57.1 Å². The van der Waals surface area contributed by atoms with Crippen LogP contribution in [0.5, 0.6) is 5.75 Å². The van der Waals surface area contributed by atoms with Crippen LogP contribution in [0, 0.1) is 24.0 Å². The number of non-ortho nitro benzene ring substituents is 1. The van der Waals surface area contributed by atoms with Gasteiger partial charge >= 0.3 is 0 Å². The van der Waals surface area contributed by atoms with Gasteiger partial charge in [-0.05, 0) is 49.7 Å². The number of thiazole rings is 1. The van der Waals surface area contributed by atoms with E-state index in [-0.39, 0.29) is 18.2 Å². The monoisotopic (exact) mass is 415 g/mol. The molecule has 0 unspecified atom stereocenters. The van der Waals surface area contributed by atoms with Gasteiger partial charge in [-0.3, -0.25) is 14.9 Å². The normalized spacial score (nSPS) is 10.5. The van der Waals surface area contributed by atoms with E-state index in [0.717, 1.165) is 20.5 Å². The molecule has 0 bridgehead atoms. The van der Waals surface area contributed by atoms with Crippen molar-refractivity contribution in [2.45, 2.75) is 23.1 Å². The van der Waals surface area contributed by atoms with Gasteiger partial charge in [0.25, 0.3) is 11.6 Å². The fourth-order valence-electron chi connectivity index (χ4n) is 2.32. The average Bonchev–Trinajstić information content (AvgIpc) is 3.07. The highest BCUT2D eigenvalue weighted by molar-refractivity contribution is 8.01. The van der Waals surface area contributed by atoms with Gasteiger partial charge in [0.05, 0.1) is 4.92 Å². The zero-order valence-corrected chi connectivity index (χ0v) is 16.8. The lowest BCUT2D eigenvalue weighted by Gasteiger charge is -2.10. The molecular formula is C19H17N3O4S2. The fourth-order valence-corrected chi connectivity index (χ4v) is 4.23. The van der Waals surface area contributed by atoms with Crippen LogP contribution in [0.3, 0.4) is 0 Å². The number of benzene rings is 2. The number of carbonyl (C=O) groups is 1. The highest BCUT2D eigenvalue weighted by Crippen LogP contribution is 2.32. The first-order valence-electron chi connectivity index (χ1n) is 8.28.